The van der Waals surface area contributed by atoms with Gasteiger partial charge in [0.15, 0.2) is 0 Å². The maximum atomic E-state index is 12.7. The van der Waals surface area contributed by atoms with E-state index in [4.69, 9.17) is 10.2 Å². The van der Waals surface area contributed by atoms with Gasteiger partial charge in [-0.1, -0.05) is 13.0 Å². The maximum Gasteiger partial charge on any atom is 0.412 e. The van der Waals surface area contributed by atoms with Crippen molar-refractivity contribution >= 4 is 0 Å². The molecule has 0 aliphatic carbocycles. The van der Waals surface area contributed by atoms with Crippen LogP contribution in [0.25, 0.3) is 0 Å². The van der Waals surface area contributed by atoms with Gasteiger partial charge in [-0.15, -0.1) is 0 Å². The van der Waals surface area contributed by atoms with Crippen molar-refractivity contribution in [2.24, 2.45) is 5.73 Å². The zero-order chi connectivity index (χ0) is 15.6. The molecule has 0 saturated heterocycles. The third kappa shape index (κ3) is 3.68. The topological polar surface area (TPSA) is 42.4 Å². The Kier molecular flexibility index (Phi) is 4.78. The summed E-state index contributed by atoms with van der Waals surface area (Å²) in [5.41, 5.74) is 5.72. The van der Waals surface area contributed by atoms with Crippen molar-refractivity contribution in [2.45, 2.75) is 44.9 Å². The monoisotopic (exact) mass is 302 g/mol. The van der Waals surface area contributed by atoms with Gasteiger partial charge in [-0.05, 0) is 31.9 Å². The summed E-state index contributed by atoms with van der Waals surface area (Å²) in [7, 11) is 0. The fraction of sp³-hybridized carbons (Fsp3) is 0.600. The van der Waals surface area contributed by atoms with Gasteiger partial charge in [0.25, 0.3) is 0 Å². The lowest BCUT2D eigenvalue weighted by Crippen LogP contribution is -2.43. The van der Waals surface area contributed by atoms with Gasteiger partial charge < -0.3 is 10.2 Å². The average molecular weight is 302 g/mol. The Morgan fingerprint density at radius 1 is 1.38 bits per heavy atom. The molecule has 0 bridgehead atoms. The van der Waals surface area contributed by atoms with Crippen LogP contribution in [0.2, 0.25) is 0 Å². The molecule has 2 N–H and O–H groups in total. The van der Waals surface area contributed by atoms with Crippen molar-refractivity contribution in [3.63, 3.8) is 0 Å². The summed E-state index contributed by atoms with van der Waals surface area (Å²) in [5.74, 6) is 1.51. The zero-order valence-corrected chi connectivity index (χ0v) is 12.3. The van der Waals surface area contributed by atoms with Gasteiger partial charge in [-0.3, -0.25) is 4.90 Å². The van der Waals surface area contributed by atoms with Crippen molar-refractivity contribution in [2.75, 3.05) is 13.1 Å². The predicted octanol–water partition coefficient (Wildman–Crippen LogP) is 3.56. The van der Waals surface area contributed by atoms with Crippen molar-refractivity contribution in [3.8, 4) is 0 Å². The van der Waals surface area contributed by atoms with E-state index in [1.165, 1.54) is 6.08 Å². The third-order valence-corrected chi connectivity index (χ3v) is 3.93. The summed E-state index contributed by atoms with van der Waals surface area (Å²) in [5, 5.41) is 0. The van der Waals surface area contributed by atoms with E-state index in [-0.39, 0.29) is 25.0 Å². The SMILES string of the molecule is CCC(N)C(c1ccc(C)o1)N1CC=C(C(F)(F)F)CC1. The largest absolute Gasteiger partial charge is 0.465 e. The quantitative estimate of drug-likeness (QED) is 0.865. The first-order valence-electron chi connectivity index (χ1n) is 7.15. The standard InChI is InChI=1S/C15H21F3N2O/c1-3-12(19)14(13-5-4-10(2)21-13)20-8-6-11(7-9-20)15(16,17)18/h4-6,12,14H,3,7-9,19H2,1-2H3. The average Bonchev–Trinajstić information content (AvgIpc) is 2.84. The van der Waals surface area contributed by atoms with Crippen LogP contribution < -0.4 is 5.73 Å². The van der Waals surface area contributed by atoms with Gasteiger partial charge in [0.2, 0.25) is 0 Å². The highest BCUT2D eigenvalue weighted by Crippen LogP contribution is 2.34. The second kappa shape index (κ2) is 6.23. The molecule has 0 spiro atoms. The van der Waals surface area contributed by atoms with E-state index < -0.39 is 11.7 Å². The van der Waals surface area contributed by atoms with Crippen LogP contribution in [-0.4, -0.2) is 30.2 Å². The summed E-state index contributed by atoms with van der Waals surface area (Å²) in [6, 6.07) is 3.36. The smallest absolute Gasteiger partial charge is 0.412 e. The minimum Gasteiger partial charge on any atom is -0.465 e. The summed E-state index contributed by atoms with van der Waals surface area (Å²) >= 11 is 0. The van der Waals surface area contributed by atoms with Crippen LogP contribution in [-0.2, 0) is 0 Å². The summed E-state index contributed by atoms with van der Waals surface area (Å²) < 4.78 is 43.7. The Morgan fingerprint density at radius 2 is 2.10 bits per heavy atom. The van der Waals surface area contributed by atoms with Crippen LogP contribution in [0.3, 0.4) is 0 Å². The number of halogens is 3. The minimum atomic E-state index is -4.23. The molecule has 21 heavy (non-hydrogen) atoms. The lowest BCUT2D eigenvalue weighted by atomic mass is 9.98. The number of hydrogen-bond acceptors (Lipinski definition) is 3. The Balaban J connectivity index is 2.19. The Hall–Kier alpha value is -1.27. The second-order valence-electron chi connectivity index (χ2n) is 5.44. The molecule has 0 saturated carbocycles. The highest BCUT2D eigenvalue weighted by atomic mass is 19.4. The number of aryl methyl sites for hydroxylation is 1. The minimum absolute atomic E-state index is 0.00384. The summed E-state index contributed by atoms with van der Waals surface area (Å²) in [6.45, 7) is 4.39. The van der Waals surface area contributed by atoms with Gasteiger partial charge in [-0.2, -0.15) is 13.2 Å². The number of alkyl halides is 3. The lowest BCUT2D eigenvalue weighted by Gasteiger charge is -2.36. The molecular formula is C15H21F3N2O. The number of rotatable bonds is 4. The number of nitrogens with two attached hydrogens (primary N) is 1. The van der Waals surface area contributed by atoms with Crippen molar-refractivity contribution in [1.29, 1.82) is 0 Å². The molecule has 1 aliphatic rings. The Labute approximate surface area is 122 Å². The molecule has 118 valence electrons. The van der Waals surface area contributed by atoms with Gasteiger partial charge in [0.1, 0.15) is 11.5 Å². The maximum absolute atomic E-state index is 12.7. The Bertz CT molecular complexity index is 507. The van der Waals surface area contributed by atoms with Crippen molar-refractivity contribution in [1.82, 2.24) is 4.90 Å². The first kappa shape index (κ1) is 16.1. The number of nitrogens with zero attached hydrogens (tertiary/aromatic N) is 1. The van der Waals surface area contributed by atoms with Crippen LogP contribution in [0, 0.1) is 6.92 Å². The molecule has 2 rings (SSSR count). The molecule has 2 unspecified atom stereocenters. The van der Waals surface area contributed by atoms with Crippen molar-refractivity contribution in [3.05, 3.63) is 35.3 Å². The fourth-order valence-electron chi connectivity index (χ4n) is 2.69. The first-order chi connectivity index (χ1) is 9.82. The first-order valence-corrected chi connectivity index (χ1v) is 7.15. The van der Waals surface area contributed by atoms with E-state index >= 15 is 0 Å². The highest BCUT2D eigenvalue weighted by molar-refractivity contribution is 5.17. The molecule has 3 nitrogen and oxygen atoms in total. The highest BCUT2D eigenvalue weighted by Gasteiger charge is 2.37. The molecule has 0 fully saturated rings. The van der Waals surface area contributed by atoms with E-state index in [1.807, 2.05) is 30.9 Å². The zero-order valence-electron chi connectivity index (χ0n) is 12.3. The van der Waals surface area contributed by atoms with Crippen LogP contribution in [0.4, 0.5) is 13.2 Å². The van der Waals surface area contributed by atoms with Crippen LogP contribution in [0.15, 0.2) is 28.2 Å². The Morgan fingerprint density at radius 3 is 2.52 bits per heavy atom. The molecule has 0 radical (unpaired) electrons. The predicted molar refractivity (Wildman–Crippen MR) is 74.8 cm³/mol. The molecule has 1 aromatic heterocycles. The van der Waals surface area contributed by atoms with E-state index in [0.29, 0.717) is 6.54 Å². The molecule has 1 aliphatic heterocycles. The normalized spacial score (nSPS) is 20.2. The van der Waals surface area contributed by atoms with E-state index in [9.17, 15) is 13.2 Å². The van der Waals surface area contributed by atoms with E-state index in [1.54, 1.807) is 0 Å². The van der Waals surface area contributed by atoms with Gasteiger partial charge in [-0.25, -0.2) is 0 Å². The second-order valence-corrected chi connectivity index (χ2v) is 5.44. The van der Waals surface area contributed by atoms with Crippen LogP contribution >= 0.6 is 0 Å². The third-order valence-electron chi connectivity index (χ3n) is 3.93. The molecule has 0 amide bonds. The summed E-state index contributed by atoms with van der Waals surface area (Å²) in [4.78, 5) is 1.96. The molecule has 2 heterocycles. The molecule has 1 aromatic rings. The molecule has 2 atom stereocenters. The van der Waals surface area contributed by atoms with E-state index in [0.717, 1.165) is 17.9 Å². The molecule has 0 aromatic carbocycles. The molecule has 6 heteroatoms. The fourth-order valence-corrected chi connectivity index (χ4v) is 2.69. The van der Waals surface area contributed by atoms with Gasteiger partial charge in [0, 0.05) is 24.7 Å². The number of furan rings is 1. The van der Waals surface area contributed by atoms with Crippen molar-refractivity contribution < 1.29 is 17.6 Å². The van der Waals surface area contributed by atoms with Gasteiger partial charge >= 0.3 is 6.18 Å². The summed E-state index contributed by atoms with van der Waals surface area (Å²) in [6.07, 6.45) is -2.24. The lowest BCUT2D eigenvalue weighted by molar-refractivity contribution is -0.0966. The van der Waals surface area contributed by atoms with Gasteiger partial charge in [0.05, 0.1) is 6.04 Å². The van der Waals surface area contributed by atoms with Crippen LogP contribution in [0.1, 0.15) is 37.3 Å². The van der Waals surface area contributed by atoms with E-state index in [2.05, 4.69) is 0 Å². The number of hydrogen-bond donors (Lipinski definition) is 1. The molecular weight excluding hydrogens is 281 g/mol. The van der Waals surface area contributed by atoms with Crippen LogP contribution in [0.5, 0.6) is 0 Å².